The molecule has 0 spiro atoms. The fourth-order valence-corrected chi connectivity index (χ4v) is 2.84. The number of fused-ring (bicyclic) bond motifs is 1. The Morgan fingerprint density at radius 2 is 1.85 bits per heavy atom. The van der Waals surface area contributed by atoms with Gasteiger partial charge in [-0.15, -0.1) is 0 Å². The molecule has 3 rings (SSSR count). The molecule has 3 nitrogen and oxygen atoms in total. The molecular weight excluding hydrogens is 316 g/mol. The number of hydrogen-bond donors (Lipinski definition) is 0. The van der Waals surface area contributed by atoms with Crippen LogP contribution in [0, 0.1) is 0 Å². The summed E-state index contributed by atoms with van der Waals surface area (Å²) in [4.78, 5) is 17.4. The fourth-order valence-electron chi connectivity index (χ4n) is 2.32. The van der Waals surface area contributed by atoms with Crippen molar-refractivity contribution in [3.63, 3.8) is 0 Å². The Morgan fingerprint density at radius 1 is 1.10 bits per heavy atom. The molecule has 0 aliphatic carbocycles. The molecule has 0 saturated carbocycles. The van der Waals surface area contributed by atoms with Gasteiger partial charge in [-0.25, -0.2) is 4.98 Å². The summed E-state index contributed by atoms with van der Waals surface area (Å²) < 4.78 is 2.47. The van der Waals surface area contributed by atoms with Gasteiger partial charge in [0.15, 0.2) is 0 Å². The second kappa shape index (κ2) is 5.21. The van der Waals surface area contributed by atoms with E-state index < -0.39 is 0 Å². The Balaban J connectivity index is 2.45. The van der Waals surface area contributed by atoms with Crippen LogP contribution in [0.3, 0.4) is 0 Å². The molecule has 1 aromatic heterocycles. The van der Waals surface area contributed by atoms with Crippen LogP contribution in [0.4, 0.5) is 0 Å². The fraction of sp³-hybridized carbons (Fsp3) is 0.125. The first kappa shape index (κ1) is 13.1. The molecule has 0 saturated heterocycles. The lowest BCUT2D eigenvalue weighted by atomic mass is 10.2. The van der Waals surface area contributed by atoms with Crippen molar-refractivity contribution in [1.82, 2.24) is 9.55 Å². The van der Waals surface area contributed by atoms with Crippen molar-refractivity contribution in [2.75, 3.05) is 0 Å². The minimum absolute atomic E-state index is 0.0366. The van der Waals surface area contributed by atoms with Gasteiger partial charge in [-0.1, -0.05) is 31.2 Å². The second-order valence-corrected chi connectivity index (χ2v) is 5.35. The predicted molar refractivity (Wildman–Crippen MR) is 84.4 cm³/mol. The Labute approximate surface area is 125 Å². The lowest BCUT2D eigenvalue weighted by molar-refractivity contribution is 0.833. The molecule has 0 fully saturated rings. The third-order valence-electron chi connectivity index (χ3n) is 3.25. The maximum Gasteiger partial charge on any atom is 0.267 e. The molecule has 0 aliphatic heterocycles. The predicted octanol–water partition coefficient (Wildman–Crippen LogP) is 3.71. The van der Waals surface area contributed by atoms with Gasteiger partial charge < -0.3 is 0 Å². The van der Waals surface area contributed by atoms with Crippen molar-refractivity contribution < 1.29 is 0 Å². The Morgan fingerprint density at radius 3 is 2.55 bits per heavy atom. The molecule has 0 radical (unpaired) electrons. The summed E-state index contributed by atoms with van der Waals surface area (Å²) in [6.45, 7) is 2.00. The summed E-state index contributed by atoms with van der Waals surface area (Å²) in [5.74, 6) is 0.770. The smallest absolute Gasteiger partial charge is 0.267 e. The SMILES string of the molecule is CCc1nc2cccc(Br)c2c(=O)n1-c1ccccc1. The van der Waals surface area contributed by atoms with Crippen molar-refractivity contribution >= 4 is 26.8 Å². The van der Waals surface area contributed by atoms with E-state index in [0.29, 0.717) is 11.8 Å². The van der Waals surface area contributed by atoms with Crippen LogP contribution in [0.2, 0.25) is 0 Å². The van der Waals surface area contributed by atoms with Crippen molar-refractivity contribution in [1.29, 1.82) is 0 Å². The zero-order chi connectivity index (χ0) is 14.1. The van der Waals surface area contributed by atoms with Crippen LogP contribution in [0.1, 0.15) is 12.7 Å². The van der Waals surface area contributed by atoms with E-state index in [1.165, 1.54) is 0 Å². The van der Waals surface area contributed by atoms with Crippen LogP contribution in [0.5, 0.6) is 0 Å². The van der Waals surface area contributed by atoms with Gasteiger partial charge in [0.05, 0.1) is 16.6 Å². The summed E-state index contributed by atoms with van der Waals surface area (Å²) in [5, 5.41) is 0.619. The van der Waals surface area contributed by atoms with Crippen LogP contribution in [-0.4, -0.2) is 9.55 Å². The van der Waals surface area contributed by atoms with E-state index in [2.05, 4.69) is 20.9 Å². The summed E-state index contributed by atoms with van der Waals surface area (Å²) in [5.41, 5.74) is 1.54. The van der Waals surface area contributed by atoms with Crippen LogP contribution < -0.4 is 5.56 Å². The molecule has 0 atom stereocenters. The normalized spacial score (nSPS) is 10.9. The van der Waals surface area contributed by atoms with Gasteiger partial charge in [-0.3, -0.25) is 9.36 Å². The number of aryl methyl sites for hydroxylation is 1. The molecule has 0 N–H and O–H groups in total. The van der Waals surface area contributed by atoms with Crippen molar-refractivity contribution in [2.24, 2.45) is 0 Å². The molecule has 1 heterocycles. The van der Waals surface area contributed by atoms with Gasteiger partial charge in [0.25, 0.3) is 5.56 Å². The third-order valence-corrected chi connectivity index (χ3v) is 3.91. The van der Waals surface area contributed by atoms with Crippen molar-refractivity contribution in [3.05, 3.63) is 69.2 Å². The maximum atomic E-state index is 12.8. The van der Waals surface area contributed by atoms with Crippen molar-refractivity contribution in [2.45, 2.75) is 13.3 Å². The summed E-state index contributed by atoms with van der Waals surface area (Å²) in [6, 6.07) is 15.3. The van der Waals surface area contributed by atoms with E-state index in [-0.39, 0.29) is 5.56 Å². The number of rotatable bonds is 2. The van der Waals surface area contributed by atoms with E-state index in [0.717, 1.165) is 21.5 Å². The molecule has 0 amide bonds. The standard InChI is InChI=1S/C16H13BrN2O/c1-2-14-18-13-10-6-9-12(17)15(13)16(20)19(14)11-7-4-3-5-8-11/h3-10H,2H2,1H3. The van der Waals surface area contributed by atoms with Crippen LogP contribution in [0.25, 0.3) is 16.6 Å². The average molecular weight is 329 g/mol. The van der Waals surface area contributed by atoms with E-state index in [9.17, 15) is 4.79 Å². The third kappa shape index (κ3) is 2.06. The van der Waals surface area contributed by atoms with Gasteiger partial charge in [0.1, 0.15) is 5.82 Å². The molecule has 4 heteroatoms. The van der Waals surface area contributed by atoms with Gasteiger partial charge in [-0.05, 0) is 40.2 Å². The molecule has 3 aromatic rings. The average Bonchev–Trinajstić information content (AvgIpc) is 2.47. The van der Waals surface area contributed by atoms with Crippen LogP contribution in [-0.2, 0) is 6.42 Å². The van der Waals surface area contributed by atoms with E-state index >= 15 is 0 Å². The number of aromatic nitrogens is 2. The Bertz CT molecular complexity index is 825. The molecule has 0 bridgehead atoms. The lowest BCUT2D eigenvalue weighted by Gasteiger charge is -2.12. The summed E-state index contributed by atoms with van der Waals surface area (Å²) in [7, 11) is 0. The van der Waals surface area contributed by atoms with E-state index in [1.807, 2.05) is 55.5 Å². The highest BCUT2D eigenvalue weighted by molar-refractivity contribution is 9.10. The number of benzene rings is 2. The van der Waals surface area contributed by atoms with Crippen LogP contribution in [0.15, 0.2) is 57.8 Å². The largest absolute Gasteiger partial charge is 0.268 e. The zero-order valence-corrected chi connectivity index (χ0v) is 12.6. The first-order valence-electron chi connectivity index (χ1n) is 6.48. The number of para-hydroxylation sites is 1. The van der Waals surface area contributed by atoms with Gasteiger partial charge >= 0.3 is 0 Å². The minimum atomic E-state index is -0.0366. The molecular formula is C16H13BrN2O. The van der Waals surface area contributed by atoms with Crippen molar-refractivity contribution in [3.8, 4) is 5.69 Å². The second-order valence-electron chi connectivity index (χ2n) is 4.49. The minimum Gasteiger partial charge on any atom is -0.268 e. The Hall–Kier alpha value is -1.94. The summed E-state index contributed by atoms with van der Waals surface area (Å²) in [6.07, 6.45) is 0.701. The monoisotopic (exact) mass is 328 g/mol. The number of nitrogens with zero attached hydrogens (tertiary/aromatic N) is 2. The topological polar surface area (TPSA) is 34.9 Å². The highest BCUT2D eigenvalue weighted by Gasteiger charge is 2.13. The Kier molecular flexibility index (Phi) is 3.40. The quantitative estimate of drug-likeness (QED) is 0.718. The molecule has 20 heavy (non-hydrogen) atoms. The van der Waals surface area contributed by atoms with E-state index in [4.69, 9.17) is 0 Å². The van der Waals surface area contributed by atoms with Gasteiger partial charge in [0.2, 0.25) is 0 Å². The zero-order valence-electron chi connectivity index (χ0n) is 11.0. The number of hydrogen-bond acceptors (Lipinski definition) is 2. The summed E-state index contributed by atoms with van der Waals surface area (Å²) >= 11 is 3.45. The molecule has 100 valence electrons. The molecule has 0 unspecified atom stereocenters. The molecule has 2 aromatic carbocycles. The first-order valence-corrected chi connectivity index (χ1v) is 7.27. The van der Waals surface area contributed by atoms with Gasteiger partial charge in [0, 0.05) is 10.9 Å². The molecule has 0 aliphatic rings. The first-order chi connectivity index (χ1) is 9.72. The van der Waals surface area contributed by atoms with E-state index in [1.54, 1.807) is 4.57 Å². The number of halogens is 1. The highest BCUT2D eigenvalue weighted by atomic mass is 79.9. The lowest BCUT2D eigenvalue weighted by Crippen LogP contribution is -2.23. The van der Waals surface area contributed by atoms with Crippen LogP contribution >= 0.6 is 15.9 Å². The van der Waals surface area contributed by atoms with Gasteiger partial charge in [-0.2, -0.15) is 0 Å². The highest BCUT2D eigenvalue weighted by Crippen LogP contribution is 2.20. The maximum absolute atomic E-state index is 12.8.